The maximum absolute atomic E-state index is 11.3. The Balaban J connectivity index is 2.25. The molecule has 18 heavy (non-hydrogen) atoms. The number of carboxylic acids is 1. The van der Waals surface area contributed by atoms with Crippen LogP contribution in [0.5, 0.6) is 0 Å². The number of rotatable bonds is 4. The van der Waals surface area contributed by atoms with E-state index in [1.165, 1.54) is 5.57 Å². The van der Waals surface area contributed by atoms with Crippen molar-refractivity contribution in [2.75, 3.05) is 0 Å². The lowest BCUT2D eigenvalue weighted by atomic mass is 9.64. The van der Waals surface area contributed by atoms with Crippen LogP contribution in [-0.2, 0) is 9.59 Å². The van der Waals surface area contributed by atoms with E-state index in [9.17, 15) is 14.7 Å². The number of carbonyl (C=O) groups is 2. The van der Waals surface area contributed by atoms with Gasteiger partial charge in [-0.1, -0.05) is 19.1 Å². The van der Waals surface area contributed by atoms with Gasteiger partial charge in [0.05, 0.1) is 0 Å². The Bertz CT molecular complexity index is 379. The second-order valence-electron chi connectivity index (χ2n) is 5.95. The molecule has 4 heteroatoms. The van der Waals surface area contributed by atoms with Gasteiger partial charge in [0.15, 0.2) is 0 Å². The molecule has 4 nitrogen and oxygen atoms in total. The molecule has 0 aromatic heterocycles. The van der Waals surface area contributed by atoms with Gasteiger partial charge in [0.1, 0.15) is 6.04 Å². The summed E-state index contributed by atoms with van der Waals surface area (Å²) < 4.78 is 0. The first-order chi connectivity index (χ1) is 8.49. The van der Waals surface area contributed by atoms with Gasteiger partial charge in [-0.05, 0) is 49.4 Å². The van der Waals surface area contributed by atoms with Gasteiger partial charge in [-0.25, -0.2) is 4.79 Å². The van der Waals surface area contributed by atoms with E-state index in [4.69, 9.17) is 0 Å². The summed E-state index contributed by atoms with van der Waals surface area (Å²) in [7, 11) is 0. The largest absolute Gasteiger partial charge is 0.480 e. The van der Waals surface area contributed by atoms with Crippen LogP contribution >= 0.6 is 0 Å². The number of fused-ring (bicyclic) bond motifs is 1. The van der Waals surface area contributed by atoms with E-state index in [1.807, 2.05) is 0 Å². The van der Waals surface area contributed by atoms with E-state index in [0.717, 1.165) is 32.1 Å². The zero-order valence-corrected chi connectivity index (χ0v) is 10.8. The van der Waals surface area contributed by atoms with Crippen molar-refractivity contribution in [2.24, 2.45) is 17.3 Å². The zero-order valence-electron chi connectivity index (χ0n) is 10.8. The number of carbonyl (C=O) groups excluding carboxylic acids is 1. The maximum atomic E-state index is 11.3. The summed E-state index contributed by atoms with van der Waals surface area (Å²) in [5, 5.41) is 11.7. The van der Waals surface area contributed by atoms with Crippen LogP contribution in [0.4, 0.5) is 0 Å². The van der Waals surface area contributed by atoms with Crippen molar-refractivity contribution >= 4 is 12.4 Å². The summed E-state index contributed by atoms with van der Waals surface area (Å²) in [6, 6.07) is -0.774. The molecule has 0 heterocycles. The summed E-state index contributed by atoms with van der Waals surface area (Å²) >= 11 is 0. The number of hydrogen-bond donors (Lipinski definition) is 2. The highest BCUT2D eigenvalue weighted by molar-refractivity contribution is 5.76. The Hall–Kier alpha value is -1.32. The topological polar surface area (TPSA) is 66.4 Å². The molecule has 0 saturated heterocycles. The van der Waals surface area contributed by atoms with Crippen molar-refractivity contribution in [2.45, 2.75) is 45.1 Å². The summed E-state index contributed by atoms with van der Waals surface area (Å²) in [5.41, 5.74) is 1.35. The first kappa shape index (κ1) is 13.1. The molecule has 2 aliphatic rings. The Labute approximate surface area is 107 Å². The van der Waals surface area contributed by atoms with Crippen LogP contribution < -0.4 is 5.32 Å². The molecule has 2 N–H and O–H groups in total. The first-order valence-corrected chi connectivity index (χ1v) is 6.60. The number of carboxylic acid groups (broad SMARTS) is 1. The van der Waals surface area contributed by atoms with Crippen LogP contribution in [-0.4, -0.2) is 23.5 Å². The molecule has 0 aromatic rings. The fraction of sp³-hybridized carbons (Fsp3) is 0.714. The standard InChI is InChI=1S/C14H21NO3/c1-9-4-3-6-14(2)7-5-10(11(9)14)12(13(17)18)15-8-16/h8,10-12H,1,3-7H2,2H3,(H,15,16)(H,17,18)/t10-,11+,12-,14-/m0/s1. The Kier molecular flexibility index (Phi) is 3.46. The third kappa shape index (κ3) is 2.04. The lowest BCUT2D eigenvalue weighted by molar-refractivity contribution is -0.142. The number of allylic oxidation sites excluding steroid dienone is 1. The molecule has 2 fully saturated rings. The number of aliphatic carboxylic acids is 1. The molecule has 2 saturated carbocycles. The van der Waals surface area contributed by atoms with E-state index in [1.54, 1.807) is 0 Å². The molecular formula is C14H21NO3. The number of amides is 1. The zero-order chi connectivity index (χ0) is 13.3. The Morgan fingerprint density at radius 1 is 1.61 bits per heavy atom. The minimum absolute atomic E-state index is 0.00880. The Morgan fingerprint density at radius 3 is 2.94 bits per heavy atom. The summed E-state index contributed by atoms with van der Waals surface area (Å²) in [5.74, 6) is -0.708. The first-order valence-electron chi connectivity index (χ1n) is 6.60. The van der Waals surface area contributed by atoms with Gasteiger partial charge in [0.25, 0.3) is 0 Å². The van der Waals surface area contributed by atoms with Crippen molar-refractivity contribution in [1.82, 2.24) is 5.32 Å². The van der Waals surface area contributed by atoms with Crippen LogP contribution in [0.3, 0.4) is 0 Å². The van der Waals surface area contributed by atoms with Crippen molar-refractivity contribution in [3.05, 3.63) is 12.2 Å². The van der Waals surface area contributed by atoms with Crippen LogP contribution in [0.1, 0.15) is 39.0 Å². The van der Waals surface area contributed by atoms with E-state index < -0.39 is 12.0 Å². The molecule has 2 rings (SSSR count). The lowest BCUT2D eigenvalue weighted by Gasteiger charge is -2.41. The fourth-order valence-electron chi connectivity index (χ4n) is 4.10. The minimum atomic E-state index is -0.935. The maximum Gasteiger partial charge on any atom is 0.326 e. The predicted molar refractivity (Wildman–Crippen MR) is 67.9 cm³/mol. The fourth-order valence-corrected chi connectivity index (χ4v) is 4.10. The van der Waals surface area contributed by atoms with Crippen LogP contribution in [0.15, 0.2) is 12.2 Å². The second kappa shape index (κ2) is 4.75. The van der Waals surface area contributed by atoms with Gasteiger partial charge < -0.3 is 10.4 Å². The van der Waals surface area contributed by atoms with Crippen molar-refractivity contribution in [1.29, 1.82) is 0 Å². The molecule has 4 atom stereocenters. The molecule has 0 spiro atoms. The molecule has 0 aromatic carbocycles. The van der Waals surface area contributed by atoms with Gasteiger partial charge >= 0.3 is 5.97 Å². The predicted octanol–water partition coefficient (Wildman–Crippen LogP) is 1.96. The smallest absolute Gasteiger partial charge is 0.326 e. The van der Waals surface area contributed by atoms with Crippen molar-refractivity contribution in [3.63, 3.8) is 0 Å². The highest BCUT2D eigenvalue weighted by Crippen LogP contribution is 2.57. The summed E-state index contributed by atoms with van der Waals surface area (Å²) in [6.45, 7) is 6.38. The molecule has 0 bridgehead atoms. The van der Waals surface area contributed by atoms with E-state index >= 15 is 0 Å². The highest BCUT2D eigenvalue weighted by atomic mass is 16.4. The normalized spacial score (nSPS) is 36.8. The van der Waals surface area contributed by atoms with Crippen LogP contribution in [0.25, 0.3) is 0 Å². The van der Waals surface area contributed by atoms with Gasteiger partial charge in [0.2, 0.25) is 6.41 Å². The van der Waals surface area contributed by atoms with Crippen LogP contribution in [0, 0.1) is 17.3 Å². The molecule has 2 aliphatic carbocycles. The summed E-state index contributed by atoms with van der Waals surface area (Å²) in [4.78, 5) is 21.9. The average molecular weight is 251 g/mol. The molecule has 100 valence electrons. The molecule has 0 aliphatic heterocycles. The lowest BCUT2D eigenvalue weighted by Crippen LogP contribution is -2.46. The molecule has 0 unspecified atom stereocenters. The summed E-state index contributed by atoms with van der Waals surface area (Å²) in [6.07, 6.45) is 5.67. The minimum Gasteiger partial charge on any atom is -0.480 e. The number of hydrogen-bond acceptors (Lipinski definition) is 2. The van der Waals surface area contributed by atoms with E-state index in [0.29, 0.717) is 6.41 Å². The molecule has 0 radical (unpaired) electrons. The van der Waals surface area contributed by atoms with Gasteiger partial charge in [0, 0.05) is 0 Å². The third-order valence-electron chi connectivity index (χ3n) is 4.86. The monoisotopic (exact) mass is 251 g/mol. The van der Waals surface area contributed by atoms with Crippen molar-refractivity contribution in [3.8, 4) is 0 Å². The quantitative estimate of drug-likeness (QED) is 0.593. The second-order valence-corrected chi connectivity index (χ2v) is 5.95. The Morgan fingerprint density at radius 2 is 2.33 bits per heavy atom. The van der Waals surface area contributed by atoms with E-state index in [2.05, 4.69) is 18.8 Å². The van der Waals surface area contributed by atoms with Crippen molar-refractivity contribution < 1.29 is 14.7 Å². The number of nitrogens with one attached hydrogen (secondary N) is 1. The van der Waals surface area contributed by atoms with Gasteiger partial charge in [-0.15, -0.1) is 0 Å². The SMILES string of the molecule is C=C1CCC[C@@]2(C)CC[C@H]([C@H](NC=O)C(=O)O)[C@@H]12. The highest BCUT2D eigenvalue weighted by Gasteiger charge is 2.51. The molecule has 1 amide bonds. The molecular weight excluding hydrogens is 230 g/mol. The van der Waals surface area contributed by atoms with E-state index in [-0.39, 0.29) is 17.3 Å². The average Bonchev–Trinajstić information content (AvgIpc) is 2.64. The van der Waals surface area contributed by atoms with Gasteiger partial charge in [-0.2, -0.15) is 0 Å². The van der Waals surface area contributed by atoms with Crippen LogP contribution in [0.2, 0.25) is 0 Å². The third-order valence-corrected chi connectivity index (χ3v) is 4.86. The van der Waals surface area contributed by atoms with Gasteiger partial charge in [-0.3, -0.25) is 4.79 Å².